The molecule has 0 aliphatic heterocycles. The first-order valence-electron chi connectivity index (χ1n) is 5.15. The Morgan fingerprint density at radius 3 is 3.06 bits per heavy atom. The summed E-state index contributed by atoms with van der Waals surface area (Å²) < 4.78 is 6.00. The van der Waals surface area contributed by atoms with Crippen LogP contribution < -0.4 is 5.32 Å². The van der Waals surface area contributed by atoms with Crippen molar-refractivity contribution in [1.29, 1.82) is 0 Å². The van der Waals surface area contributed by atoms with Gasteiger partial charge in [0, 0.05) is 23.8 Å². The van der Waals surface area contributed by atoms with Crippen LogP contribution in [0.15, 0.2) is 22.8 Å². The number of nitrogens with one attached hydrogen (secondary N) is 1. The van der Waals surface area contributed by atoms with Crippen LogP contribution in [0.25, 0.3) is 0 Å². The molecule has 5 heteroatoms. The molecule has 0 aliphatic carbocycles. The Morgan fingerprint density at radius 2 is 2.44 bits per heavy atom. The van der Waals surface area contributed by atoms with Gasteiger partial charge >= 0.3 is 0 Å². The van der Waals surface area contributed by atoms with Gasteiger partial charge in [0.15, 0.2) is 0 Å². The van der Waals surface area contributed by atoms with E-state index in [4.69, 9.17) is 4.74 Å². The summed E-state index contributed by atoms with van der Waals surface area (Å²) in [4.78, 5) is 15.7. The van der Waals surface area contributed by atoms with Crippen LogP contribution in [-0.2, 0) is 4.74 Å². The van der Waals surface area contributed by atoms with Gasteiger partial charge in [-0.2, -0.15) is 0 Å². The molecule has 0 spiro atoms. The van der Waals surface area contributed by atoms with Gasteiger partial charge in [0.1, 0.15) is 5.69 Å². The van der Waals surface area contributed by atoms with E-state index in [-0.39, 0.29) is 12.0 Å². The number of aromatic nitrogens is 1. The van der Waals surface area contributed by atoms with Gasteiger partial charge < -0.3 is 10.1 Å². The van der Waals surface area contributed by atoms with E-state index in [0.29, 0.717) is 23.3 Å². The highest BCUT2D eigenvalue weighted by Crippen LogP contribution is 2.12. The van der Waals surface area contributed by atoms with Gasteiger partial charge in [0.05, 0.1) is 6.10 Å². The summed E-state index contributed by atoms with van der Waals surface area (Å²) in [6, 6.07) is 3.55. The second kappa shape index (κ2) is 6.60. The Hall–Kier alpha value is -0.940. The van der Waals surface area contributed by atoms with Crippen molar-refractivity contribution in [2.75, 3.05) is 13.2 Å². The van der Waals surface area contributed by atoms with E-state index in [1.807, 2.05) is 13.8 Å². The highest BCUT2D eigenvalue weighted by molar-refractivity contribution is 9.10. The summed E-state index contributed by atoms with van der Waals surface area (Å²) in [5.74, 6) is -0.195. The zero-order chi connectivity index (χ0) is 12.0. The minimum atomic E-state index is -0.195. The van der Waals surface area contributed by atoms with E-state index in [9.17, 15) is 4.79 Å². The minimum Gasteiger partial charge on any atom is -0.377 e. The van der Waals surface area contributed by atoms with Gasteiger partial charge in [-0.3, -0.25) is 4.79 Å². The van der Waals surface area contributed by atoms with Crippen molar-refractivity contribution < 1.29 is 9.53 Å². The molecule has 0 aromatic carbocycles. The van der Waals surface area contributed by atoms with Crippen LogP contribution in [0.5, 0.6) is 0 Å². The highest BCUT2D eigenvalue weighted by atomic mass is 79.9. The fourth-order valence-electron chi connectivity index (χ4n) is 1.22. The zero-order valence-corrected chi connectivity index (χ0v) is 11.0. The van der Waals surface area contributed by atoms with Crippen LogP contribution in [0.3, 0.4) is 0 Å². The van der Waals surface area contributed by atoms with Crippen LogP contribution in [0.2, 0.25) is 0 Å². The Balaban J connectivity index is 2.50. The van der Waals surface area contributed by atoms with Gasteiger partial charge in [-0.25, -0.2) is 4.98 Å². The number of amides is 1. The molecule has 1 unspecified atom stereocenters. The van der Waals surface area contributed by atoms with E-state index in [2.05, 4.69) is 26.2 Å². The van der Waals surface area contributed by atoms with Gasteiger partial charge in [0.2, 0.25) is 0 Å². The fraction of sp³-hybridized carbons (Fsp3) is 0.455. The van der Waals surface area contributed by atoms with E-state index in [1.165, 1.54) is 0 Å². The number of nitrogens with zero attached hydrogens (tertiary/aromatic N) is 1. The monoisotopic (exact) mass is 286 g/mol. The number of halogens is 1. The van der Waals surface area contributed by atoms with E-state index >= 15 is 0 Å². The lowest BCUT2D eigenvalue weighted by Gasteiger charge is -2.12. The lowest BCUT2D eigenvalue weighted by Crippen LogP contribution is -2.32. The molecule has 1 heterocycles. The topological polar surface area (TPSA) is 51.2 Å². The maximum absolute atomic E-state index is 11.7. The Labute approximate surface area is 104 Å². The van der Waals surface area contributed by atoms with Crippen LogP contribution in [0.4, 0.5) is 0 Å². The molecule has 0 bridgehead atoms. The third-order valence-electron chi connectivity index (χ3n) is 1.97. The number of ether oxygens (including phenoxy) is 1. The van der Waals surface area contributed by atoms with Crippen molar-refractivity contribution in [2.24, 2.45) is 0 Å². The molecule has 0 fully saturated rings. The number of hydrogen-bond acceptors (Lipinski definition) is 3. The van der Waals surface area contributed by atoms with Gasteiger partial charge in [0.25, 0.3) is 5.91 Å². The number of carbonyl (C=O) groups is 1. The van der Waals surface area contributed by atoms with Crippen molar-refractivity contribution in [1.82, 2.24) is 10.3 Å². The van der Waals surface area contributed by atoms with Crippen molar-refractivity contribution in [2.45, 2.75) is 20.0 Å². The van der Waals surface area contributed by atoms with Crippen LogP contribution in [0, 0.1) is 0 Å². The molecule has 0 aliphatic rings. The second-order valence-corrected chi connectivity index (χ2v) is 4.16. The summed E-state index contributed by atoms with van der Waals surface area (Å²) in [6.45, 7) is 4.96. The molecule has 1 atom stereocenters. The van der Waals surface area contributed by atoms with Gasteiger partial charge in [-0.05, 0) is 41.9 Å². The Bertz CT molecular complexity index is 358. The van der Waals surface area contributed by atoms with Gasteiger partial charge in [-0.15, -0.1) is 0 Å². The minimum absolute atomic E-state index is 0.0106. The van der Waals surface area contributed by atoms with Crippen LogP contribution >= 0.6 is 15.9 Å². The smallest absolute Gasteiger partial charge is 0.271 e. The average molecular weight is 287 g/mol. The Kier molecular flexibility index (Phi) is 5.42. The molecular weight excluding hydrogens is 272 g/mol. The van der Waals surface area contributed by atoms with Crippen molar-refractivity contribution in [3.8, 4) is 0 Å². The molecule has 16 heavy (non-hydrogen) atoms. The van der Waals surface area contributed by atoms with E-state index in [1.54, 1.807) is 18.3 Å². The first kappa shape index (κ1) is 13.1. The molecule has 1 aromatic heterocycles. The molecule has 0 radical (unpaired) electrons. The van der Waals surface area contributed by atoms with E-state index < -0.39 is 0 Å². The lowest BCUT2D eigenvalue weighted by molar-refractivity contribution is 0.0693. The normalized spacial score (nSPS) is 12.2. The first-order valence-corrected chi connectivity index (χ1v) is 5.94. The molecule has 1 rings (SSSR count). The van der Waals surface area contributed by atoms with Crippen molar-refractivity contribution in [3.05, 3.63) is 28.5 Å². The van der Waals surface area contributed by atoms with Crippen LogP contribution in [0.1, 0.15) is 24.3 Å². The summed E-state index contributed by atoms with van der Waals surface area (Å²) in [7, 11) is 0. The zero-order valence-electron chi connectivity index (χ0n) is 9.37. The van der Waals surface area contributed by atoms with E-state index in [0.717, 1.165) is 0 Å². The summed E-state index contributed by atoms with van der Waals surface area (Å²) in [5.41, 5.74) is 0.395. The maximum Gasteiger partial charge on any atom is 0.271 e. The van der Waals surface area contributed by atoms with Gasteiger partial charge in [-0.1, -0.05) is 0 Å². The molecule has 88 valence electrons. The molecule has 0 saturated carbocycles. The molecule has 0 saturated heterocycles. The highest BCUT2D eigenvalue weighted by Gasteiger charge is 2.11. The van der Waals surface area contributed by atoms with Crippen molar-refractivity contribution in [3.63, 3.8) is 0 Å². The molecule has 4 nitrogen and oxygen atoms in total. The SMILES string of the molecule is CCOC(C)CNC(=O)c1ncccc1Br. The molecule has 1 amide bonds. The Morgan fingerprint density at radius 1 is 1.69 bits per heavy atom. The molecule has 1 N–H and O–H groups in total. The third kappa shape index (κ3) is 3.90. The summed E-state index contributed by atoms with van der Waals surface area (Å²) >= 11 is 3.28. The van der Waals surface area contributed by atoms with Crippen LogP contribution in [-0.4, -0.2) is 30.1 Å². The summed E-state index contributed by atoms with van der Waals surface area (Å²) in [5, 5.41) is 2.77. The first-order chi connectivity index (χ1) is 7.65. The largest absolute Gasteiger partial charge is 0.377 e. The number of hydrogen-bond donors (Lipinski definition) is 1. The molecular formula is C11H15BrN2O2. The predicted molar refractivity (Wildman–Crippen MR) is 65.4 cm³/mol. The predicted octanol–water partition coefficient (Wildman–Crippen LogP) is 2.00. The standard InChI is InChI=1S/C11H15BrN2O2/c1-3-16-8(2)7-14-11(15)10-9(12)5-4-6-13-10/h4-6,8H,3,7H2,1-2H3,(H,14,15). The third-order valence-corrected chi connectivity index (χ3v) is 2.61. The lowest BCUT2D eigenvalue weighted by atomic mass is 10.3. The second-order valence-electron chi connectivity index (χ2n) is 3.31. The maximum atomic E-state index is 11.7. The number of rotatable bonds is 5. The number of carbonyl (C=O) groups excluding carboxylic acids is 1. The van der Waals surface area contributed by atoms with Crippen molar-refractivity contribution >= 4 is 21.8 Å². The number of pyridine rings is 1. The quantitative estimate of drug-likeness (QED) is 0.901. The fourth-order valence-corrected chi connectivity index (χ4v) is 1.65. The molecule has 1 aromatic rings. The average Bonchev–Trinajstić information content (AvgIpc) is 2.27. The summed E-state index contributed by atoms with van der Waals surface area (Å²) in [6.07, 6.45) is 1.60.